The van der Waals surface area contributed by atoms with Gasteiger partial charge in [-0.3, -0.25) is 4.98 Å². The molecule has 1 aromatic carbocycles. The molecule has 1 aliphatic rings. The first-order chi connectivity index (χ1) is 15.0. The highest BCUT2D eigenvalue weighted by Crippen LogP contribution is 2.40. The molecule has 2 aromatic rings. The van der Waals surface area contributed by atoms with E-state index in [-0.39, 0.29) is 35.5 Å². The predicted molar refractivity (Wildman–Crippen MR) is 108 cm³/mol. The first kappa shape index (κ1) is 24.1. The maximum absolute atomic E-state index is 13.6. The number of pyridine rings is 1. The second kappa shape index (κ2) is 9.16. The summed E-state index contributed by atoms with van der Waals surface area (Å²) in [6.45, 7) is -0.240. The Balaban J connectivity index is 1.99. The highest BCUT2D eigenvalue weighted by molar-refractivity contribution is 5.69. The van der Waals surface area contributed by atoms with Gasteiger partial charge in [-0.15, -0.1) is 0 Å². The van der Waals surface area contributed by atoms with E-state index in [4.69, 9.17) is 10.5 Å². The molecule has 1 aromatic heterocycles. The molecule has 0 amide bonds. The lowest BCUT2D eigenvalue weighted by Gasteiger charge is -2.44. The summed E-state index contributed by atoms with van der Waals surface area (Å²) >= 11 is 0. The van der Waals surface area contributed by atoms with Gasteiger partial charge < -0.3 is 25.6 Å². The third-order valence-electron chi connectivity index (χ3n) is 5.67. The molecule has 1 saturated heterocycles. The minimum atomic E-state index is -4.67. The summed E-state index contributed by atoms with van der Waals surface area (Å²) in [5.41, 5.74) is 3.93. The number of methoxy groups -OCH3 is 1. The van der Waals surface area contributed by atoms with Crippen LogP contribution in [-0.4, -0.2) is 53.5 Å². The second-order valence-electron chi connectivity index (χ2n) is 7.80. The fraction of sp³-hybridized carbons (Fsp3) is 0.476. The van der Waals surface area contributed by atoms with Crippen LogP contribution in [0.2, 0.25) is 0 Å². The molecule has 2 atom stereocenters. The lowest BCUT2D eigenvalue weighted by atomic mass is 9.84. The monoisotopic (exact) mass is 461 g/mol. The third kappa shape index (κ3) is 4.79. The Morgan fingerprint density at radius 3 is 2.59 bits per heavy atom. The highest BCUT2D eigenvalue weighted by atomic mass is 19.4. The first-order valence-corrected chi connectivity index (χ1v) is 9.85. The Morgan fingerprint density at radius 2 is 2.00 bits per heavy atom. The van der Waals surface area contributed by atoms with Crippen molar-refractivity contribution in [2.45, 2.75) is 43.7 Å². The van der Waals surface area contributed by atoms with Crippen molar-refractivity contribution < 1.29 is 36.9 Å². The largest absolute Gasteiger partial charge is 0.497 e. The van der Waals surface area contributed by atoms with Gasteiger partial charge in [-0.2, -0.15) is 13.2 Å². The Bertz CT molecular complexity index is 957. The molecule has 1 unspecified atom stereocenters. The fourth-order valence-electron chi connectivity index (χ4n) is 3.97. The molecule has 6 nitrogen and oxygen atoms in total. The van der Waals surface area contributed by atoms with Crippen LogP contribution in [0.25, 0.3) is 11.3 Å². The van der Waals surface area contributed by atoms with Crippen LogP contribution in [0.4, 0.5) is 27.6 Å². The van der Waals surface area contributed by atoms with Crippen LogP contribution < -0.4 is 15.4 Å². The van der Waals surface area contributed by atoms with Gasteiger partial charge in [0.1, 0.15) is 11.9 Å². The number of piperidine rings is 1. The number of aliphatic hydroxyl groups excluding tert-OH is 2. The van der Waals surface area contributed by atoms with Crippen LogP contribution in [0.1, 0.15) is 24.0 Å². The SMILES string of the molecule is COc1ccc(-c2cc(CO)c(N3CCCC(N)([C@@H](O)C(F)F)C3)cn2)c(C(F)(F)F)c1. The van der Waals surface area contributed by atoms with Crippen molar-refractivity contribution in [2.24, 2.45) is 5.73 Å². The molecule has 32 heavy (non-hydrogen) atoms. The average Bonchev–Trinajstić information content (AvgIpc) is 2.77. The zero-order valence-corrected chi connectivity index (χ0v) is 17.2. The van der Waals surface area contributed by atoms with E-state index in [1.165, 1.54) is 31.5 Å². The predicted octanol–water partition coefficient (Wildman–Crippen LogP) is 3.19. The topological polar surface area (TPSA) is 91.8 Å². The molecule has 2 heterocycles. The van der Waals surface area contributed by atoms with E-state index in [1.807, 2.05) is 0 Å². The maximum Gasteiger partial charge on any atom is 0.417 e. The quantitative estimate of drug-likeness (QED) is 0.573. The van der Waals surface area contributed by atoms with Gasteiger partial charge in [0.25, 0.3) is 6.43 Å². The number of anilines is 1. The van der Waals surface area contributed by atoms with Crippen molar-refractivity contribution in [3.05, 3.63) is 41.6 Å². The van der Waals surface area contributed by atoms with Crippen molar-refractivity contribution >= 4 is 5.69 Å². The summed E-state index contributed by atoms with van der Waals surface area (Å²) < 4.78 is 71.8. The number of hydrogen-bond acceptors (Lipinski definition) is 6. The number of nitrogens with two attached hydrogens (primary N) is 1. The number of rotatable bonds is 6. The van der Waals surface area contributed by atoms with E-state index < -0.39 is 36.4 Å². The van der Waals surface area contributed by atoms with Crippen molar-refractivity contribution in [1.82, 2.24) is 4.98 Å². The molecular weight excluding hydrogens is 437 g/mol. The van der Waals surface area contributed by atoms with Gasteiger partial charge >= 0.3 is 6.18 Å². The number of aliphatic hydroxyl groups is 2. The molecule has 3 rings (SSSR count). The van der Waals surface area contributed by atoms with Crippen LogP contribution in [0.15, 0.2) is 30.5 Å². The van der Waals surface area contributed by atoms with Crippen LogP contribution in [0.3, 0.4) is 0 Å². The molecule has 1 fully saturated rings. The minimum absolute atomic E-state index is 0.0172. The van der Waals surface area contributed by atoms with Gasteiger partial charge in [-0.05, 0) is 37.1 Å². The molecule has 0 bridgehead atoms. The fourth-order valence-corrected chi connectivity index (χ4v) is 3.97. The van der Waals surface area contributed by atoms with Gasteiger partial charge in [-0.1, -0.05) is 0 Å². The Kier molecular flexibility index (Phi) is 6.91. The summed E-state index contributed by atoms with van der Waals surface area (Å²) in [6, 6.07) is 4.79. The molecule has 11 heteroatoms. The number of aromatic nitrogens is 1. The minimum Gasteiger partial charge on any atom is -0.497 e. The molecule has 0 aliphatic carbocycles. The van der Waals surface area contributed by atoms with Crippen LogP contribution in [-0.2, 0) is 12.8 Å². The molecule has 0 spiro atoms. The summed E-state index contributed by atoms with van der Waals surface area (Å²) in [5, 5.41) is 19.7. The zero-order chi connectivity index (χ0) is 23.7. The summed E-state index contributed by atoms with van der Waals surface area (Å²) in [7, 11) is 1.26. The van der Waals surface area contributed by atoms with E-state index in [0.29, 0.717) is 18.7 Å². The number of hydrogen-bond donors (Lipinski definition) is 3. The lowest BCUT2D eigenvalue weighted by molar-refractivity contribution is -0.137. The van der Waals surface area contributed by atoms with E-state index in [9.17, 15) is 32.2 Å². The maximum atomic E-state index is 13.6. The Morgan fingerprint density at radius 1 is 1.28 bits per heavy atom. The van der Waals surface area contributed by atoms with Crippen molar-refractivity contribution in [3.63, 3.8) is 0 Å². The summed E-state index contributed by atoms with van der Waals surface area (Å²) in [5.74, 6) is 0.0327. The van der Waals surface area contributed by atoms with Crippen molar-refractivity contribution in [1.29, 1.82) is 0 Å². The average molecular weight is 461 g/mol. The van der Waals surface area contributed by atoms with Gasteiger partial charge in [0.05, 0.1) is 42.4 Å². The van der Waals surface area contributed by atoms with Crippen molar-refractivity contribution in [2.75, 3.05) is 25.1 Å². The number of benzene rings is 1. The lowest BCUT2D eigenvalue weighted by Crippen LogP contribution is -2.63. The number of alkyl halides is 5. The summed E-state index contributed by atoms with van der Waals surface area (Å²) in [6.07, 6.45) is -7.86. The van der Waals surface area contributed by atoms with Crippen LogP contribution in [0.5, 0.6) is 5.75 Å². The molecule has 0 radical (unpaired) electrons. The molecule has 176 valence electrons. The van der Waals surface area contributed by atoms with E-state index in [2.05, 4.69) is 4.98 Å². The highest BCUT2D eigenvalue weighted by Gasteiger charge is 2.43. The van der Waals surface area contributed by atoms with Gasteiger partial charge in [0, 0.05) is 24.2 Å². The summed E-state index contributed by atoms with van der Waals surface area (Å²) in [4.78, 5) is 5.75. The zero-order valence-electron chi connectivity index (χ0n) is 17.2. The van der Waals surface area contributed by atoms with Crippen molar-refractivity contribution in [3.8, 4) is 17.0 Å². The van der Waals surface area contributed by atoms with E-state index >= 15 is 0 Å². The molecule has 0 saturated carbocycles. The van der Waals surface area contributed by atoms with Gasteiger partial charge in [0.15, 0.2) is 0 Å². The Labute approximate surface area is 181 Å². The standard InChI is InChI=1S/C21H24F5N3O3/c1-32-13-3-4-14(15(8-13)21(24,25)26)16-7-12(10-30)17(9-28-16)29-6-2-5-20(27,11-29)18(31)19(22)23/h3-4,7-9,18-19,30-31H,2,5-6,10-11,27H2,1H3/t18-,20?/m0/s1. The smallest absolute Gasteiger partial charge is 0.417 e. The number of halogens is 5. The first-order valence-electron chi connectivity index (χ1n) is 9.85. The normalized spacial score (nSPS) is 20.5. The molecule has 4 N–H and O–H groups in total. The van der Waals surface area contributed by atoms with Gasteiger partial charge in [0.2, 0.25) is 0 Å². The van der Waals surface area contributed by atoms with Crippen LogP contribution in [0, 0.1) is 0 Å². The van der Waals surface area contributed by atoms with E-state index in [1.54, 1.807) is 4.90 Å². The molecule has 1 aliphatic heterocycles. The molecular formula is C21H24F5N3O3. The van der Waals surface area contributed by atoms with Gasteiger partial charge in [-0.25, -0.2) is 8.78 Å². The number of ether oxygens (including phenoxy) is 1. The second-order valence-corrected chi connectivity index (χ2v) is 7.80. The van der Waals surface area contributed by atoms with Crippen LogP contribution >= 0.6 is 0 Å². The Hall–Kier alpha value is -2.50. The number of nitrogens with zero attached hydrogens (tertiary/aromatic N) is 2. The third-order valence-corrected chi connectivity index (χ3v) is 5.67. The van der Waals surface area contributed by atoms with E-state index in [0.717, 1.165) is 6.07 Å².